The molecule has 19 heavy (non-hydrogen) atoms. The van der Waals surface area contributed by atoms with Gasteiger partial charge in [-0.2, -0.15) is 5.10 Å². The molecule has 6 heteroatoms. The smallest absolute Gasteiger partial charge is 0.138 e. The van der Waals surface area contributed by atoms with E-state index in [1.54, 1.807) is 10.7 Å². The zero-order valence-corrected chi connectivity index (χ0v) is 12.5. The molecule has 1 heterocycles. The summed E-state index contributed by atoms with van der Waals surface area (Å²) >= 11 is 3.42. The molecule has 0 radical (unpaired) electrons. The number of rotatable bonds is 5. The van der Waals surface area contributed by atoms with Gasteiger partial charge >= 0.3 is 0 Å². The second-order valence-electron chi connectivity index (χ2n) is 4.28. The molecule has 0 aliphatic carbocycles. The Labute approximate surface area is 120 Å². The number of hydrogen-bond donors (Lipinski definition) is 1. The van der Waals surface area contributed by atoms with Gasteiger partial charge in [0.15, 0.2) is 0 Å². The van der Waals surface area contributed by atoms with Crippen LogP contribution in [0.1, 0.15) is 24.4 Å². The van der Waals surface area contributed by atoms with Gasteiger partial charge in [-0.15, -0.1) is 0 Å². The molecule has 1 aromatic carbocycles. The summed E-state index contributed by atoms with van der Waals surface area (Å²) in [4.78, 5) is 4.23. The van der Waals surface area contributed by atoms with E-state index in [2.05, 4.69) is 31.3 Å². The normalized spacial score (nSPS) is 12.6. The Balaban J connectivity index is 2.27. The Morgan fingerprint density at radius 1 is 1.47 bits per heavy atom. The number of aryl methyl sites for hydroxylation is 1. The van der Waals surface area contributed by atoms with E-state index in [-0.39, 0.29) is 11.9 Å². The molecule has 0 saturated heterocycles. The van der Waals surface area contributed by atoms with Crippen LogP contribution in [0.2, 0.25) is 0 Å². The molecule has 1 unspecified atom stereocenters. The molecule has 0 bridgehead atoms. The van der Waals surface area contributed by atoms with Crippen LogP contribution in [0.5, 0.6) is 0 Å². The van der Waals surface area contributed by atoms with E-state index in [0.717, 1.165) is 22.4 Å². The second kappa shape index (κ2) is 6.25. The molecule has 1 aromatic heterocycles. The fourth-order valence-electron chi connectivity index (χ4n) is 2.01. The standard InChI is InChI=1S/C13H16BrFN4/c1-3-16-12(7-13-17-8-18-19(13)2)10-5-4-9(15)6-11(10)14/h4-6,8,12,16H,3,7H2,1-2H3. The molecular weight excluding hydrogens is 311 g/mol. The average Bonchev–Trinajstić information content (AvgIpc) is 2.75. The van der Waals surface area contributed by atoms with Crippen molar-refractivity contribution in [3.05, 3.63) is 46.2 Å². The SMILES string of the molecule is CCNC(Cc1ncnn1C)c1ccc(F)cc1Br. The number of aromatic nitrogens is 3. The summed E-state index contributed by atoms with van der Waals surface area (Å²) in [6.45, 7) is 2.87. The maximum absolute atomic E-state index is 13.2. The lowest BCUT2D eigenvalue weighted by atomic mass is 10.0. The first-order valence-electron chi connectivity index (χ1n) is 6.13. The van der Waals surface area contributed by atoms with Crippen molar-refractivity contribution in [3.8, 4) is 0 Å². The number of likely N-dealkylation sites (N-methyl/N-ethyl adjacent to an activating group) is 1. The van der Waals surface area contributed by atoms with E-state index < -0.39 is 0 Å². The van der Waals surface area contributed by atoms with Gasteiger partial charge in [0.1, 0.15) is 18.0 Å². The summed E-state index contributed by atoms with van der Waals surface area (Å²) in [7, 11) is 1.87. The highest BCUT2D eigenvalue weighted by Crippen LogP contribution is 2.26. The van der Waals surface area contributed by atoms with Crippen LogP contribution in [0.3, 0.4) is 0 Å². The molecule has 4 nitrogen and oxygen atoms in total. The summed E-state index contributed by atoms with van der Waals surface area (Å²) < 4.78 is 15.7. The monoisotopic (exact) mass is 326 g/mol. The van der Waals surface area contributed by atoms with Gasteiger partial charge in [0, 0.05) is 24.0 Å². The Morgan fingerprint density at radius 2 is 2.26 bits per heavy atom. The summed E-state index contributed by atoms with van der Waals surface area (Å²) in [5.41, 5.74) is 1.02. The molecule has 1 atom stereocenters. The van der Waals surface area contributed by atoms with E-state index >= 15 is 0 Å². The maximum atomic E-state index is 13.2. The third-order valence-electron chi connectivity index (χ3n) is 2.98. The number of nitrogens with one attached hydrogen (secondary N) is 1. The molecule has 2 rings (SSSR count). The van der Waals surface area contributed by atoms with Crippen molar-refractivity contribution in [2.75, 3.05) is 6.54 Å². The Kier molecular flexibility index (Phi) is 4.66. The van der Waals surface area contributed by atoms with Gasteiger partial charge in [-0.25, -0.2) is 9.37 Å². The molecule has 102 valence electrons. The van der Waals surface area contributed by atoms with Crippen molar-refractivity contribution in [2.24, 2.45) is 7.05 Å². The van der Waals surface area contributed by atoms with Crippen molar-refractivity contribution < 1.29 is 4.39 Å². The number of nitrogens with zero attached hydrogens (tertiary/aromatic N) is 3. The van der Waals surface area contributed by atoms with E-state index in [4.69, 9.17) is 0 Å². The first-order valence-corrected chi connectivity index (χ1v) is 6.92. The number of benzene rings is 1. The topological polar surface area (TPSA) is 42.7 Å². The van der Waals surface area contributed by atoms with Gasteiger partial charge in [-0.3, -0.25) is 4.68 Å². The van der Waals surface area contributed by atoms with Gasteiger partial charge in [0.2, 0.25) is 0 Å². The number of hydrogen-bond acceptors (Lipinski definition) is 3. The highest BCUT2D eigenvalue weighted by atomic mass is 79.9. The lowest BCUT2D eigenvalue weighted by Gasteiger charge is -2.19. The van der Waals surface area contributed by atoms with E-state index in [0.29, 0.717) is 6.42 Å². The van der Waals surface area contributed by atoms with Crippen LogP contribution in [0, 0.1) is 5.82 Å². The van der Waals surface area contributed by atoms with Crippen LogP contribution < -0.4 is 5.32 Å². The highest BCUT2D eigenvalue weighted by Gasteiger charge is 2.17. The lowest BCUT2D eigenvalue weighted by Crippen LogP contribution is -2.24. The average molecular weight is 327 g/mol. The number of halogens is 2. The van der Waals surface area contributed by atoms with Crippen molar-refractivity contribution in [3.63, 3.8) is 0 Å². The second-order valence-corrected chi connectivity index (χ2v) is 5.13. The fourth-order valence-corrected chi connectivity index (χ4v) is 2.64. The predicted octanol–water partition coefficient (Wildman–Crippen LogP) is 2.61. The Bertz CT molecular complexity index is 555. The molecule has 0 spiro atoms. The van der Waals surface area contributed by atoms with Gasteiger partial charge in [-0.1, -0.05) is 28.9 Å². The largest absolute Gasteiger partial charge is 0.310 e. The van der Waals surface area contributed by atoms with E-state index in [1.165, 1.54) is 18.5 Å². The van der Waals surface area contributed by atoms with Crippen molar-refractivity contribution >= 4 is 15.9 Å². The van der Waals surface area contributed by atoms with Crippen LogP contribution in [0.15, 0.2) is 29.0 Å². The molecule has 0 aliphatic rings. The first kappa shape index (κ1) is 14.1. The fraction of sp³-hybridized carbons (Fsp3) is 0.385. The van der Waals surface area contributed by atoms with Crippen molar-refractivity contribution in [1.29, 1.82) is 0 Å². The minimum atomic E-state index is -0.246. The molecule has 2 aromatic rings. The van der Waals surface area contributed by atoms with Crippen LogP contribution in [0.4, 0.5) is 4.39 Å². The van der Waals surface area contributed by atoms with Crippen molar-refractivity contribution in [1.82, 2.24) is 20.1 Å². The molecule has 0 amide bonds. The van der Waals surface area contributed by atoms with Crippen LogP contribution >= 0.6 is 15.9 Å². The predicted molar refractivity (Wildman–Crippen MR) is 75.2 cm³/mol. The zero-order chi connectivity index (χ0) is 13.8. The summed E-state index contributed by atoms with van der Waals surface area (Å²) in [5, 5.41) is 7.46. The minimum Gasteiger partial charge on any atom is -0.310 e. The van der Waals surface area contributed by atoms with Gasteiger partial charge in [0.05, 0.1) is 0 Å². The quantitative estimate of drug-likeness (QED) is 0.918. The minimum absolute atomic E-state index is 0.0721. The third kappa shape index (κ3) is 3.39. The first-order chi connectivity index (χ1) is 9.11. The molecular formula is C13H16BrFN4. The highest BCUT2D eigenvalue weighted by molar-refractivity contribution is 9.10. The molecule has 0 fully saturated rings. The zero-order valence-electron chi connectivity index (χ0n) is 10.9. The van der Waals surface area contributed by atoms with Gasteiger partial charge in [0.25, 0.3) is 0 Å². The summed E-state index contributed by atoms with van der Waals surface area (Å²) in [5.74, 6) is 0.645. The van der Waals surface area contributed by atoms with Gasteiger partial charge in [-0.05, 0) is 24.2 Å². The molecule has 0 aliphatic heterocycles. The van der Waals surface area contributed by atoms with Crippen LogP contribution in [0.25, 0.3) is 0 Å². The third-order valence-corrected chi connectivity index (χ3v) is 3.67. The molecule has 1 N–H and O–H groups in total. The van der Waals surface area contributed by atoms with Crippen LogP contribution in [-0.4, -0.2) is 21.3 Å². The van der Waals surface area contributed by atoms with Crippen LogP contribution in [-0.2, 0) is 13.5 Å². The Morgan fingerprint density at radius 3 is 2.84 bits per heavy atom. The van der Waals surface area contributed by atoms with E-state index in [1.807, 2.05) is 14.0 Å². The van der Waals surface area contributed by atoms with E-state index in [9.17, 15) is 4.39 Å². The summed E-state index contributed by atoms with van der Waals surface area (Å²) in [6, 6.07) is 4.82. The van der Waals surface area contributed by atoms with Crippen molar-refractivity contribution in [2.45, 2.75) is 19.4 Å². The Hall–Kier alpha value is -1.27. The van der Waals surface area contributed by atoms with Gasteiger partial charge < -0.3 is 5.32 Å². The molecule has 0 saturated carbocycles. The maximum Gasteiger partial charge on any atom is 0.138 e. The lowest BCUT2D eigenvalue weighted by molar-refractivity contribution is 0.519. The summed E-state index contributed by atoms with van der Waals surface area (Å²) in [6.07, 6.45) is 2.24.